The molecule has 0 amide bonds. The third-order valence-electron chi connectivity index (χ3n) is 3.00. The lowest BCUT2D eigenvalue weighted by Gasteiger charge is -2.35. The van der Waals surface area contributed by atoms with Gasteiger partial charge in [0.1, 0.15) is 11.2 Å². The van der Waals surface area contributed by atoms with Gasteiger partial charge in [-0.1, -0.05) is 6.07 Å². The van der Waals surface area contributed by atoms with Crippen LogP contribution in [0.4, 0.5) is 0 Å². The lowest BCUT2D eigenvalue weighted by Crippen LogP contribution is -2.48. The maximum absolute atomic E-state index is 9.05. The molecular formula is C13H15BrN2O2. The highest BCUT2D eigenvalue weighted by molar-refractivity contribution is 9.10. The van der Waals surface area contributed by atoms with Gasteiger partial charge in [-0.25, -0.2) is 0 Å². The molecule has 5 heteroatoms. The lowest BCUT2D eigenvalue weighted by atomic mass is 9.88. The summed E-state index contributed by atoms with van der Waals surface area (Å²) in [7, 11) is 1.64. The van der Waals surface area contributed by atoms with Crippen LogP contribution in [-0.4, -0.2) is 26.9 Å². The summed E-state index contributed by atoms with van der Waals surface area (Å²) in [5.41, 5.74) is 0.819. The van der Waals surface area contributed by atoms with Crippen LogP contribution in [0.2, 0.25) is 0 Å². The van der Waals surface area contributed by atoms with Crippen LogP contribution in [-0.2, 0) is 11.3 Å². The molecule has 1 N–H and O–H groups in total. The molecule has 0 saturated carbocycles. The SMILES string of the molecule is COc1ccc(CNCC2(C#N)COC2)cc1Br. The summed E-state index contributed by atoms with van der Waals surface area (Å²) in [5.74, 6) is 0.819. The van der Waals surface area contributed by atoms with Gasteiger partial charge in [0.15, 0.2) is 0 Å². The number of rotatable bonds is 5. The average Bonchev–Trinajstić information content (AvgIpc) is 2.33. The fourth-order valence-electron chi connectivity index (χ4n) is 1.82. The Kier molecular flexibility index (Phi) is 4.23. The predicted molar refractivity (Wildman–Crippen MR) is 71.3 cm³/mol. The molecular weight excluding hydrogens is 296 g/mol. The van der Waals surface area contributed by atoms with Crippen molar-refractivity contribution in [3.05, 3.63) is 28.2 Å². The Morgan fingerprint density at radius 1 is 1.56 bits per heavy atom. The maximum atomic E-state index is 9.05. The molecule has 96 valence electrons. The first-order valence-corrected chi connectivity index (χ1v) is 6.50. The van der Waals surface area contributed by atoms with Gasteiger partial charge in [-0.2, -0.15) is 5.26 Å². The molecule has 1 aliphatic heterocycles. The summed E-state index contributed by atoms with van der Waals surface area (Å²) in [6, 6.07) is 8.26. The van der Waals surface area contributed by atoms with Gasteiger partial charge in [0, 0.05) is 13.1 Å². The van der Waals surface area contributed by atoms with Gasteiger partial charge < -0.3 is 14.8 Å². The summed E-state index contributed by atoms with van der Waals surface area (Å²) >= 11 is 3.45. The Labute approximate surface area is 115 Å². The van der Waals surface area contributed by atoms with Crippen molar-refractivity contribution in [2.45, 2.75) is 6.54 Å². The second-order valence-electron chi connectivity index (χ2n) is 4.46. The molecule has 0 spiro atoms. The van der Waals surface area contributed by atoms with Crippen LogP contribution in [0.5, 0.6) is 5.75 Å². The first kappa shape index (κ1) is 13.3. The number of benzene rings is 1. The van der Waals surface area contributed by atoms with Gasteiger partial charge in [0.05, 0.1) is 30.9 Å². The van der Waals surface area contributed by atoms with Crippen LogP contribution >= 0.6 is 15.9 Å². The van der Waals surface area contributed by atoms with Crippen molar-refractivity contribution in [2.75, 3.05) is 26.9 Å². The Balaban J connectivity index is 1.87. The van der Waals surface area contributed by atoms with Crippen molar-refractivity contribution in [3.63, 3.8) is 0 Å². The zero-order valence-electron chi connectivity index (χ0n) is 10.2. The van der Waals surface area contributed by atoms with Crippen LogP contribution in [0.15, 0.2) is 22.7 Å². The van der Waals surface area contributed by atoms with Crippen LogP contribution in [0.1, 0.15) is 5.56 Å². The smallest absolute Gasteiger partial charge is 0.133 e. The minimum Gasteiger partial charge on any atom is -0.496 e. The molecule has 2 rings (SSSR count). The minimum atomic E-state index is -0.330. The molecule has 0 bridgehead atoms. The van der Waals surface area contributed by atoms with E-state index in [1.54, 1.807) is 7.11 Å². The van der Waals surface area contributed by atoms with E-state index in [2.05, 4.69) is 27.3 Å². The molecule has 1 saturated heterocycles. The highest BCUT2D eigenvalue weighted by Gasteiger charge is 2.38. The maximum Gasteiger partial charge on any atom is 0.133 e. The highest BCUT2D eigenvalue weighted by atomic mass is 79.9. The van der Waals surface area contributed by atoms with Crippen molar-refractivity contribution in [1.82, 2.24) is 5.32 Å². The highest BCUT2D eigenvalue weighted by Crippen LogP contribution is 2.27. The van der Waals surface area contributed by atoms with Gasteiger partial charge in [-0.3, -0.25) is 0 Å². The minimum absolute atomic E-state index is 0.330. The van der Waals surface area contributed by atoms with E-state index in [-0.39, 0.29) is 5.41 Å². The van der Waals surface area contributed by atoms with Gasteiger partial charge >= 0.3 is 0 Å². The van der Waals surface area contributed by atoms with E-state index < -0.39 is 0 Å². The van der Waals surface area contributed by atoms with E-state index in [4.69, 9.17) is 14.7 Å². The van der Waals surface area contributed by atoms with Gasteiger partial charge in [0.25, 0.3) is 0 Å². The standard InChI is InChI=1S/C13H15BrN2O2/c1-17-12-3-2-10(4-11(12)14)5-16-7-13(6-15)8-18-9-13/h2-4,16H,5,7-9H2,1H3. The quantitative estimate of drug-likeness (QED) is 0.905. The third-order valence-corrected chi connectivity index (χ3v) is 3.62. The van der Waals surface area contributed by atoms with Crippen molar-refractivity contribution in [2.24, 2.45) is 5.41 Å². The average molecular weight is 311 g/mol. The second-order valence-corrected chi connectivity index (χ2v) is 5.31. The molecule has 0 unspecified atom stereocenters. The number of nitrogens with one attached hydrogen (secondary N) is 1. The number of hydrogen-bond acceptors (Lipinski definition) is 4. The van der Waals surface area contributed by atoms with E-state index in [9.17, 15) is 0 Å². The monoisotopic (exact) mass is 310 g/mol. The number of hydrogen-bond donors (Lipinski definition) is 1. The summed E-state index contributed by atoms with van der Waals surface area (Å²) in [6.07, 6.45) is 0. The largest absolute Gasteiger partial charge is 0.496 e. The van der Waals surface area contributed by atoms with E-state index in [0.29, 0.717) is 19.8 Å². The lowest BCUT2D eigenvalue weighted by molar-refractivity contribution is -0.0755. The summed E-state index contributed by atoms with van der Waals surface area (Å²) in [6.45, 7) is 2.45. The Morgan fingerprint density at radius 3 is 2.83 bits per heavy atom. The van der Waals surface area contributed by atoms with Crippen LogP contribution < -0.4 is 10.1 Å². The molecule has 0 radical (unpaired) electrons. The molecule has 0 atom stereocenters. The molecule has 0 aliphatic carbocycles. The first-order chi connectivity index (χ1) is 8.69. The topological polar surface area (TPSA) is 54.3 Å². The molecule has 1 fully saturated rings. The summed E-state index contributed by atoms with van der Waals surface area (Å²) in [4.78, 5) is 0. The predicted octanol–water partition coefficient (Wildman–Crippen LogP) is 2.09. The fraction of sp³-hybridized carbons (Fsp3) is 0.462. The molecule has 1 aromatic carbocycles. The number of methoxy groups -OCH3 is 1. The van der Waals surface area contributed by atoms with Crippen LogP contribution in [0, 0.1) is 16.7 Å². The molecule has 0 aromatic heterocycles. The molecule has 4 nitrogen and oxygen atoms in total. The number of ether oxygens (including phenoxy) is 2. The molecule has 18 heavy (non-hydrogen) atoms. The van der Waals surface area contributed by atoms with Crippen molar-refractivity contribution < 1.29 is 9.47 Å². The third kappa shape index (κ3) is 2.83. The Morgan fingerprint density at radius 2 is 2.33 bits per heavy atom. The summed E-state index contributed by atoms with van der Waals surface area (Å²) < 4.78 is 11.2. The number of halogens is 1. The van der Waals surface area contributed by atoms with Crippen molar-refractivity contribution >= 4 is 15.9 Å². The van der Waals surface area contributed by atoms with Gasteiger partial charge in [-0.15, -0.1) is 0 Å². The van der Waals surface area contributed by atoms with E-state index in [1.165, 1.54) is 0 Å². The van der Waals surface area contributed by atoms with E-state index >= 15 is 0 Å². The fourth-order valence-corrected chi connectivity index (χ4v) is 2.41. The van der Waals surface area contributed by atoms with Crippen molar-refractivity contribution in [1.29, 1.82) is 5.26 Å². The van der Waals surface area contributed by atoms with Gasteiger partial charge in [-0.05, 0) is 33.6 Å². The molecule has 1 heterocycles. The first-order valence-electron chi connectivity index (χ1n) is 5.71. The molecule has 1 aliphatic rings. The summed E-state index contributed by atoms with van der Waals surface area (Å²) in [5, 5.41) is 12.3. The second kappa shape index (κ2) is 5.70. The van der Waals surface area contributed by atoms with E-state index in [1.807, 2.05) is 18.2 Å². The van der Waals surface area contributed by atoms with Crippen LogP contribution in [0.3, 0.4) is 0 Å². The molecule has 1 aromatic rings. The Bertz CT molecular complexity index is 467. The number of nitriles is 1. The Hall–Kier alpha value is -1.09. The zero-order valence-corrected chi connectivity index (χ0v) is 11.8. The van der Waals surface area contributed by atoms with E-state index in [0.717, 1.165) is 22.3 Å². The van der Waals surface area contributed by atoms with Crippen molar-refractivity contribution in [3.8, 4) is 11.8 Å². The van der Waals surface area contributed by atoms with Crippen LogP contribution in [0.25, 0.3) is 0 Å². The normalized spacial score (nSPS) is 16.7. The van der Waals surface area contributed by atoms with Gasteiger partial charge in [0.2, 0.25) is 0 Å². The number of nitrogens with zero attached hydrogens (tertiary/aromatic N) is 1. The zero-order chi connectivity index (χ0) is 13.0.